The van der Waals surface area contributed by atoms with Gasteiger partial charge in [0.2, 0.25) is 0 Å². The van der Waals surface area contributed by atoms with Crippen LogP contribution in [0.4, 0.5) is 10.5 Å². The van der Waals surface area contributed by atoms with Crippen LogP contribution in [0.15, 0.2) is 29.1 Å². The number of halogens is 1. The van der Waals surface area contributed by atoms with Gasteiger partial charge in [-0.25, -0.2) is 14.8 Å². The quantitative estimate of drug-likeness (QED) is 0.777. The van der Waals surface area contributed by atoms with E-state index in [1.54, 1.807) is 41.4 Å². The topological polar surface area (TPSA) is 49.3 Å². The number of urea groups is 1. The zero-order chi connectivity index (χ0) is 15.4. The molecule has 0 saturated carbocycles. The summed E-state index contributed by atoms with van der Waals surface area (Å²) in [7, 11) is 3.54. The number of hydrogen-bond acceptors (Lipinski definition) is 4. The molecule has 0 aliphatic carbocycles. The van der Waals surface area contributed by atoms with Crippen LogP contribution in [0.2, 0.25) is 0 Å². The number of thiazole rings is 1. The summed E-state index contributed by atoms with van der Waals surface area (Å²) >= 11 is 4.95. The highest BCUT2D eigenvalue weighted by molar-refractivity contribution is 9.10. The van der Waals surface area contributed by atoms with Crippen LogP contribution in [0, 0.1) is 6.92 Å². The van der Waals surface area contributed by atoms with Crippen molar-refractivity contribution in [2.45, 2.75) is 13.3 Å². The molecule has 0 spiro atoms. The Hall–Kier alpha value is -1.47. The van der Waals surface area contributed by atoms with E-state index in [0.717, 1.165) is 21.7 Å². The second-order valence-corrected chi connectivity index (χ2v) is 6.85. The molecule has 0 aromatic carbocycles. The summed E-state index contributed by atoms with van der Waals surface area (Å²) in [5, 5.41) is 1.06. The molecule has 112 valence electrons. The molecule has 5 nitrogen and oxygen atoms in total. The van der Waals surface area contributed by atoms with Crippen LogP contribution in [-0.2, 0) is 6.42 Å². The van der Waals surface area contributed by atoms with E-state index in [1.165, 1.54) is 4.88 Å². The van der Waals surface area contributed by atoms with Crippen LogP contribution < -0.4 is 4.90 Å². The molecule has 21 heavy (non-hydrogen) atoms. The first-order chi connectivity index (χ1) is 9.97. The lowest BCUT2D eigenvalue weighted by Gasteiger charge is -2.24. The van der Waals surface area contributed by atoms with E-state index >= 15 is 0 Å². The molecule has 0 radical (unpaired) electrons. The summed E-state index contributed by atoms with van der Waals surface area (Å²) in [4.78, 5) is 25.3. The van der Waals surface area contributed by atoms with Gasteiger partial charge in [-0.05, 0) is 35.0 Å². The molecule has 2 amide bonds. The molecule has 2 aromatic heterocycles. The number of anilines is 1. The van der Waals surface area contributed by atoms with Crippen LogP contribution in [0.3, 0.4) is 0 Å². The predicted octanol–water partition coefficient (Wildman–Crippen LogP) is 3.34. The Morgan fingerprint density at radius 1 is 1.29 bits per heavy atom. The summed E-state index contributed by atoms with van der Waals surface area (Å²) in [6.45, 7) is 2.67. The van der Waals surface area contributed by atoms with Crippen LogP contribution in [0.5, 0.6) is 0 Å². The molecule has 0 unspecified atom stereocenters. The van der Waals surface area contributed by atoms with Gasteiger partial charge in [0.15, 0.2) is 0 Å². The summed E-state index contributed by atoms with van der Waals surface area (Å²) in [6.07, 6.45) is 4.30. The third kappa shape index (κ3) is 4.25. The first-order valence-corrected chi connectivity index (χ1v) is 8.10. The highest BCUT2D eigenvalue weighted by Crippen LogP contribution is 2.16. The van der Waals surface area contributed by atoms with E-state index in [1.807, 2.05) is 25.3 Å². The average Bonchev–Trinajstić information content (AvgIpc) is 2.89. The lowest BCUT2D eigenvalue weighted by molar-refractivity contribution is 0.217. The number of aryl methyl sites for hydroxylation is 1. The second kappa shape index (κ2) is 7.00. The van der Waals surface area contributed by atoms with Crippen molar-refractivity contribution in [3.8, 4) is 0 Å². The Morgan fingerprint density at radius 3 is 2.62 bits per heavy atom. The molecule has 2 aromatic rings. The van der Waals surface area contributed by atoms with Crippen LogP contribution in [0.25, 0.3) is 0 Å². The summed E-state index contributed by atoms with van der Waals surface area (Å²) in [5.41, 5.74) is 0.764. The van der Waals surface area contributed by atoms with Gasteiger partial charge in [-0.1, -0.05) is 0 Å². The van der Waals surface area contributed by atoms with Crippen LogP contribution >= 0.6 is 27.3 Å². The minimum atomic E-state index is -0.0626. The van der Waals surface area contributed by atoms with Gasteiger partial charge in [0.25, 0.3) is 0 Å². The van der Waals surface area contributed by atoms with Crippen LogP contribution in [0.1, 0.15) is 9.88 Å². The maximum absolute atomic E-state index is 12.4. The molecule has 0 N–H and O–H groups in total. The Morgan fingerprint density at radius 2 is 2.05 bits per heavy atom. The van der Waals surface area contributed by atoms with E-state index in [2.05, 4.69) is 25.9 Å². The van der Waals surface area contributed by atoms with Crippen molar-refractivity contribution in [3.63, 3.8) is 0 Å². The smallest absolute Gasteiger partial charge is 0.324 e. The number of likely N-dealkylation sites (N-methyl/N-ethyl adjacent to an activating group) is 1. The fraction of sp³-hybridized carbons (Fsp3) is 0.357. The fourth-order valence-corrected chi connectivity index (χ4v) is 2.82. The van der Waals surface area contributed by atoms with Gasteiger partial charge in [-0.2, -0.15) is 0 Å². The van der Waals surface area contributed by atoms with E-state index in [4.69, 9.17) is 0 Å². The zero-order valence-electron chi connectivity index (χ0n) is 12.2. The molecule has 7 heteroatoms. The van der Waals surface area contributed by atoms with Crippen molar-refractivity contribution < 1.29 is 4.79 Å². The van der Waals surface area contributed by atoms with E-state index in [0.29, 0.717) is 6.54 Å². The molecular formula is C14H17BrN4OS. The SMILES string of the molecule is Cc1cnc(CCN(C)C(=O)N(C)c2ccc(Br)nc2)s1. The Bertz CT molecular complexity index is 614. The Labute approximate surface area is 136 Å². The third-order valence-corrected chi connectivity index (χ3v) is 4.48. The molecule has 2 heterocycles. The second-order valence-electron chi connectivity index (χ2n) is 4.72. The predicted molar refractivity (Wildman–Crippen MR) is 88.9 cm³/mol. The molecule has 0 saturated heterocycles. The van der Waals surface area contributed by atoms with Gasteiger partial charge < -0.3 is 4.90 Å². The zero-order valence-corrected chi connectivity index (χ0v) is 14.6. The van der Waals surface area contributed by atoms with Crippen LogP contribution in [-0.4, -0.2) is 41.5 Å². The van der Waals surface area contributed by atoms with Gasteiger partial charge in [-0.3, -0.25) is 4.90 Å². The van der Waals surface area contributed by atoms with Crippen molar-refractivity contribution >= 4 is 39.0 Å². The van der Waals surface area contributed by atoms with Gasteiger partial charge in [0, 0.05) is 38.1 Å². The average molecular weight is 369 g/mol. The maximum atomic E-state index is 12.4. The van der Waals surface area contributed by atoms with Gasteiger partial charge in [0.1, 0.15) is 4.60 Å². The summed E-state index contributed by atoms with van der Waals surface area (Å²) < 4.78 is 0.750. The van der Waals surface area contributed by atoms with E-state index in [9.17, 15) is 4.79 Å². The van der Waals surface area contributed by atoms with E-state index < -0.39 is 0 Å². The molecule has 0 atom stereocenters. The molecular weight excluding hydrogens is 352 g/mol. The molecule has 2 rings (SSSR count). The number of carbonyl (C=O) groups is 1. The highest BCUT2D eigenvalue weighted by atomic mass is 79.9. The van der Waals surface area contributed by atoms with Crippen molar-refractivity contribution in [3.05, 3.63) is 39.0 Å². The number of aromatic nitrogens is 2. The number of amides is 2. The minimum Gasteiger partial charge on any atom is -0.327 e. The molecule has 0 fully saturated rings. The van der Waals surface area contributed by atoms with Gasteiger partial charge >= 0.3 is 6.03 Å². The number of rotatable bonds is 4. The fourth-order valence-electron chi connectivity index (χ4n) is 1.81. The molecule has 0 bridgehead atoms. The van der Waals surface area contributed by atoms with Gasteiger partial charge in [0.05, 0.1) is 16.9 Å². The normalized spacial score (nSPS) is 10.5. The monoisotopic (exact) mass is 368 g/mol. The lowest BCUT2D eigenvalue weighted by Crippen LogP contribution is -2.39. The Kier molecular flexibility index (Phi) is 5.30. The molecule has 0 aliphatic heterocycles. The van der Waals surface area contributed by atoms with Crippen molar-refractivity contribution in [1.82, 2.24) is 14.9 Å². The lowest BCUT2D eigenvalue weighted by atomic mass is 10.4. The number of nitrogens with zero attached hydrogens (tertiary/aromatic N) is 4. The Balaban J connectivity index is 1.93. The highest BCUT2D eigenvalue weighted by Gasteiger charge is 2.16. The van der Waals surface area contributed by atoms with Crippen molar-refractivity contribution in [1.29, 1.82) is 0 Å². The first-order valence-electron chi connectivity index (χ1n) is 6.49. The number of hydrogen-bond donors (Lipinski definition) is 0. The molecule has 0 aliphatic rings. The first kappa shape index (κ1) is 15.9. The maximum Gasteiger partial charge on any atom is 0.324 e. The number of carbonyl (C=O) groups excluding carboxylic acids is 1. The summed E-state index contributed by atoms with van der Waals surface area (Å²) in [6, 6.07) is 3.61. The van der Waals surface area contributed by atoms with E-state index in [-0.39, 0.29) is 6.03 Å². The third-order valence-electron chi connectivity index (χ3n) is 3.04. The minimum absolute atomic E-state index is 0.0626. The largest absolute Gasteiger partial charge is 0.327 e. The summed E-state index contributed by atoms with van der Waals surface area (Å²) in [5.74, 6) is 0. The van der Waals surface area contributed by atoms with Crippen molar-refractivity contribution in [2.75, 3.05) is 25.5 Å². The van der Waals surface area contributed by atoms with Gasteiger partial charge in [-0.15, -0.1) is 11.3 Å². The number of pyridine rings is 1. The van der Waals surface area contributed by atoms with Crippen molar-refractivity contribution in [2.24, 2.45) is 0 Å². The standard InChI is InChI=1S/C14H17BrN4OS/c1-10-8-17-13(21-10)6-7-18(2)14(20)19(3)11-4-5-12(15)16-9-11/h4-5,8-9H,6-7H2,1-3H3.